The molecule has 0 unspecified atom stereocenters. The van der Waals surface area contributed by atoms with E-state index in [2.05, 4.69) is 36.6 Å². The lowest BCUT2D eigenvalue weighted by Gasteiger charge is -2.33. The van der Waals surface area contributed by atoms with E-state index in [9.17, 15) is 4.79 Å². The molecule has 0 spiro atoms. The number of allylic oxidation sites excluding steroid dienone is 2. The van der Waals surface area contributed by atoms with Crippen LogP contribution in [0.1, 0.15) is 72.1 Å². The average molecular weight is 335 g/mol. The van der Waals surface area contributed by atoms with Crippen LogP contribution in [0.3, 0.4) is 0 Å². The molecule has 2 aliphatic rings. The number of amides is 1. The largest absolute Gasteiger partial charge is 0.343 e. The molecule has 1 amide bonds. The third-order valence-electron chi connectivity index (χ3n) is 5.71. The maximum Gasteiger partial charge on any atom is 0.222 e. The number of hydrogen-bond acceptors (Lipinski definition) is 2. The van der Waals surface area contributed by atoms with Gasteiger partial charge in [-0.3, -0.25) is 4.79 Å². The van der Waals surface area contributed by atoms with Crippen molar-refractivity contribution in [2.75, 3.05) is 32.7 Å². The Hall–Kier alpha value is -0.830. The molecule has 2 saturated heterocycles. The quantitative estimate of drug-likeness (QED) is 0.611. The molecule has 3 nitrogen and oxygen atoms in total. The standard InChI is InChI=1S/C21H38N2O/c1-18(2)7-6-8-19(3)17-22-15-11-20(12-16-22)9-10-21(24)23-13-4-5-14-23/h7,19-20H,4-6,8-17H2,1-3H3/t19-/m0/s1. The van der Waals surface area contributed by atoms with Crippen LogP contribution in [-0.4, -0.2) is 48.4 Å². The van der Waals surface area contributed by atoms with E-state index in [4.69, 9.17) is 0 Å². The summed E-state index contributed by atoms with van der Waals surface area (Å²) in [5.74, 6) is 1.96. The average Bonchev–Trinajstić information content (AvgIpc) is 3.08. The van der Waals surface area contributed by atoms with Crippen molar-refractivity contribution in [2.45, 2.75) is 72.1 Å². The summed E-state index contributed by atoms with van der Waals surface area (Å²) >= 11 is 0. The highest BCUT2D eigenvalue weighted by molar-refractivity contribution is 5.76. The number of nitrogens with zero attached hydrogens (tertiary/aromatic N) is 2. The second kappa shape index (κ2) is 10.2. The maximum atomic E-state index is 12.2. The number of piperidine rings is 1. The molecule has 0 radical (unpaired) electrons. The smallest absolute Gasteiger partial charge is 0.222 e. The van der Waals surface area contributed by atoms with Gasteiger partial charge < -0.3 is 9.80 Å². The zero-order valence-electron chi connectivity index (χ0n) is 16.2. The molecule has 0 aliphatic carbocycles. The molecule has 2 rings (SSSR count). The topological polar surface area (TPSA) is 23.6 Å². The summed E-state index contributed by atoms with van der Waals surface area (Å²) in [7, 11) is 0. The molecule has 1 atom stereocenters. The Morgan fingerprint density at radius 3 is 2.42 bits per heavy atom. The summed E-state index contributed by atoms with van der Waals surface area (Å²) in [6.45, 7) is 12.5. The van der Waals surface area contributed by atoms with Gasteiger partial charge in [0.2, 0.25) is 5.91 Å². The minimum atomic E-state index is 0.405. The van der Waals surface area contributed by atoms with Crippen molar-refractivity contribution in [3.8, 4) is 0 Å². The van der Waals surface area contributed by atoms with Crippen molar-refractivity contribution in [3.05, 3.63) is 11.6 Å². The van der Waals surface area contributed by atoms with Gasteiger partial charge in [0, 0.05) is 26.1 Å². The fraction of sp³-hybridized carbons (Fsp3) is 0.857. The summed E-state index contributed by atoms with van der Waals surface area (Å²) in [5, 5.41) is 0. The summed E-state index contributed by atoms with van der Waals surface area (Å²) in [6.07, 6.45) is 11.8. The Balaban J connectivity index is 1.57. The first-order chi connectivity index (χ1) is 11.5. The van der Waals surface area contributed by atoms with Crippen molar-refractivity contribution in [1.82, 2.24) is 9.80 Å². The zero-order chi connectivity index (χ0) is 17.4. The minimum Gasteiger partial charge on any atom is -0.343 e. The Morgan fingerprint density at radius 1 is 1.12 bits per heavy atom. The van der Waals surface area contributed by atoms with Gasteiger partial charge in [0.25, 0.3) is 0 Å². The summed E-state index contributed by atoms with van der Waals surface area (Å²) in [4.78, 5) is 16.9. The van der Waals surface area contributed by atoms with E-state index in [0.717, 1.165) is 37.8 Å². The molecule has 24 heavy (non-hydrogen) atoms. The molecule has 2 aliphatic heterocycles. The van der Waals surface area contributed by atoms with Gasteiger partial charge in [-0.15, -0.1) is 0 Å². The van der Waals surface area contributed by atoms with Crippen LogP contribution in [0, 0.1) is 11.8 Å². The Morgan fingerprint density at radius 2 is 1.79 bits per heavy atom. The van der Waals surface area contributed by atoms with Crippen LogP contribution in [-0.2, 0) is 4.79 Å². The van der Waals surface area contributed by atoms with E-state index in [-0.39, 0.29) is 0 Å². The van der Waals surface area contributed by atoms with Gasteiger partial charge in [0.05, 0.1) is 0 Å². The summed E-state index contributed by atoms with van der Waals surface area (Å²) < 4.78 is 0. The van der Waals surface area contributed by atoms with Crippen LogP contribution in [0.15, 0.2) is 11.6 Å². The number of carbonyl (C=O) groups is 1. The fourth-order valence-corrected chi connectivity index (χ4v) is 4.10. The highest BCUT2D eigenvalue weighted by Gasteiger charge is 2.23. The van der Waals surface area contributed by atoms with Gasteiger partial charge >= 0.3 is 0 Å². The van der Waals surface area contributed by atoms with Crippen LogP contribution in [0.4, 0.5) is 0 Å². The van der Waals surface area contributed by atoms with E-state index in [0.29, 0.717) is 5.91 Å². The monoisotopic (exact) mass is 334 g/mol. The van der Waals surface area contributed by atoms with E-state index in [1.165, 1.54) is 63.7 Å². The van der Waals surface area contributed by atoms with Crippen molar-refractivity contribution in [2.24, 2.45) is 11.8 Å². The second-order valence-corrected chi connectivity index (χ2v) is 8.33. The number of carbonyl (C=O) groups excluding carboxylic acids is 1. The zero-order valence-corrected chi connectivity index (χ0v) is 16.2. The normalized spacial score (nSPS) is 21.0. The van der Waals surface area contributed by atoms with Crippen LogP contribution in [0.2, 0.25) is 0 Å². The lowest BCUT2D eigenvalue weighted by Crippen LogP contribution is -2.37. The Kier molecular flexibility index (Phi) is 8.31. The highest BCUT2D eigenvalue weighted by atomic mass is 16.2. The predicted molar refractivity (Wildman–Crippen MR) is 102 cm³/mol. The molecule has 0 saturated carbocycles. The van der Waals surface area contributed by atoms with Crippen LogP contribution in [0.5, 0.6) is 0 Å². The van der Waals surface area contributed by atoms with Crippen LogP contribution >= 0.6 is 0 Å². The lowest BCUT2D eigenvalue weighted by atomic mass is 9.91. The molecule has 0 aromatic heterocycles. The molecule has 3 heteroatoms. The van der Waals surface area contributed by atoms with E-state index >= 15 is 0 Å². The first kappa shape index (κ1) is 19.5. The Labute approximate surface area is 149 Å². The SMILES string of the molecule is CC(C)=CCC[C@H](C)CN1CCC(CCC(=O)N2CCCC2)CC1. The Bertz CT molecular complexity index is 400. The van der Waals surface area contributed by atoms with E-state index < -0.39 is 0 Å². The molecule has 0 bridgehead atoms. The van der Waals surface area contributed by atoms with Gasteiger partial charge in [0.1, 0.15) is 0 Å². The summed E-state index contributed by atoms with van der Waals surface area (Å²) in [5.41, 5.74) is 1.44. The van der Waals surface area contributed by atoms with Gasteiger partial charge in [-0.1, -0.05) is 18.6 Å². The maximum absolute atomic E-state index is 12.2. The van der Waals surface area contributed by atoms with Gasteiger partial charge in [-0.2, -0.15) is 0 Å². The molecule has 2 fully saturated rings. The van der Waals surface area contributed by atoms with Gasteiger partial charge in [-0.05, 0) is 83.7 Å². The highest BCUT2D eigenvalue weighted by Crippen LogP contribution is 2.24. The van der Waals surface area contributed by atoms with Crippen molar-refractivity contribution >= 4 is 5.91 Å². The lowest BCUT2D eigenvalue weighted by molar-refractivity contribution is -0.130. The second-order valence-electron chi connectivity index (χ2n) is 8.33. The number of rotatable bonds is 8. The number of hydrogen-bond donors (Lipinski definition) is 0. The third kappa shape index (κ3) is 6.96. The van der Waals surface area contributed by atoms with Gasteiger partial charge in [0.15, 0.2) is 0 Å². The van der Waals surface area contributed by atoms with Crippen molar-refractivity contribution < 1.29 is 4.79 Å². The minimum absolute atomic E-state index is 0.405. The first-order valence-corrected chi connectivity index (χ1v) is 10.2. The molecule has 0 N–H and O–H groups in total. The molecule has 2 heterocycles. The first-order valence-electron chi connectivity index (χ1n) is 10.2. The molecular formula is C21H38N2O. The fourth-order valence-electron chi connectivity index (χ4n) is 4.10. The van der Waals surface area contributed by atoms with Crippen LogP contribution in [0.25, 0.3) is 0 Å². The van der Waals surface area contributed by atoms with Crippen LogP contribution < -0.4 is 0 Å². The van der Waals surface area contributed by atoms with Gasteiger partial charge in [-0.25, -0.2) is 0 Å². The summed E-state index contributed by atoms with van der Waals surface area (Å²) in [6, 6.07) is 0. The molecule has 0 aromatic carbocycles. The van der Waals surface area contributed by atoms with Crippen molar-refractivity contribution in [3.63, 3.8) is 0 Å². The number of likely N-dealkylation sites (tertiary alicyclic amines) is 2. The molecule has 0 aromatic rings. The van der Waals surface area contributed by atoms with Crippen molar-refractivity contribution in [1.29, 1.82) is 0 Å². The van der Waals surface area contributed by atoms with E-state index in [1.54, 1.807) is 0 Å². The third-order valence-corrected chi connectivity index (χ3v) is 5.71. The predicted octanol–water partition coefficient (Wildman–Crippen LogP) is 4.48. The molecular weight excluding hydrogens is 296 g/mol. The van der Waals surface area contributed by atoms with E-state index in [1.807, 2.05) is 0 Å². The molecule has 138 valence electrons.